The molecule has 0 saturated carbocycles. The van der Waals surface area contributed by atoms with Crippen LogP contribution in [0.1, 0.15) is 0 Å². The Morgan fingerprint density at radius 2 is 0.854 bits per heavy atom. The lowest BCUT2D eigenvalue weighted by molar-refractivity contribution is 0.669. The van der Waals surface area contributed by atoms with Gasteiger partial charge >= 0.3 is 0 Å². The van der Waals surface area contributed by atoms with Crippen LogP contribution in [0.2, 0.25) is 0 Å². The summed E-state index contributed by atoms with van der Waals surface area (Å²) >= 11 is 0. The zero-order valence-corrected chi connectivity index (χ0v) is 26.3. The Kier molecular flexibility index (Phi) is 6.84. The van der Waals surface area contributed by atoms with Gasteiger partial charge in [0, 0.05) is 27.8 Å². The van der Waals surface area contributed by atoms with E-state index in [1.54, 1.807) is 0 Å². The first-order valence-corrected chi connectivity index (χ1v) is 16.3. The topological polar surface area (TPSA) is 16.4 Å². The minimum atomic E-state index is 0.904. The van der Waals surface area contributed by atoms with Gasteiger partial charge < -0.3 is 9.32 Å². The molecule has 2 heteroatoms. The predicted molar refractivity (Wildman–Crippen MR) is 202 cm³/mol. The van der Waals surface area contributed by atoms with Gasteiger partial charge in [-0.3, -0.25) is 0 Å². The minimum absolute atomic E-state index is 0.904. The van der Waals surface area contributed by atoms with Gasteiger partial charge in [-0.05, 0) is 98.8 Å². The third kappa shape index (κ3) is 5.01. The molecular weight excluding hydrogens is 583 g/mol. The molecule has 0 atom stereocenters. The maximum Gasteiger partial charge on any atom is 0.136 e. The molecule has 0 unspecified atom stereocenters. The molecule has 0 aliphatic carbocycles. The molecular formula is C46H31NO. The molecule has 0 bridgehead atoms. The van der Waals surface area contributed by atoms with Crippen LogP contribution >= 0.6 is 0 Å². The van der Waals surface area contributed by atoms with E-state index in [0.29, 0.717) is 0 Å². The Labute approximate surface area is 279 Å². The van der Waals surface area contributed by atoms with Crippen molar-refractivity contribution in [1.29, 1.82) is 0 Å². The second-order valence-corrected chi connectivity index (χ2v) is 12.2. The maximum atomic E-state index is 6.38. The van der Waals surface area contributed by atoms with Gasteiger partial charge in [-0.1, -0.05) is 133 Å². The van der Waals surface area contributed by atoms with E-state index >= 15 is 0 Å². The van der Waals surface area contributed by atoms with E-state index in [-0.39, 0.29) is 0 Å². The van der Waals surface area contributed by atoms with E-state index < -0.39 is 0 Å². The lowest BCUT2D eigenvalue weighted by Gasteiger charge is -2.26. The quantitative estimate of drug-likeness (QED) is 0.185. The van der Waals surface area contributed by atoms with Crippen molar-refractivity contribution in [2.45, 2.75) is 0 Å². The fourth-order valence-electron chi connectivity index (χ4n) is 6.86. The third-order valence-electron chi connectivity index (χ3n) is 9.26. The van der Waals surface area contributed by atoms with Gasteiger partial charge in [0.15, 0.2) is 0 Å². The SMILES string of the molecule is c1ccc(-c2ccc(N(c3ccc(-c4ccc5c(c4)oc4ccc6ccccc6c45)cc3)c3cccc(-c4ccccc4)c3)cc2)cc1. The Balaban J connectivity index is 1.11. The highest BCUT2D eigenvalue weighted by Gasteiger charge is 2.16. The Morgan fingerprint density at radius 1 is 0.312 bits per heavy atom. The zero-order valence-electron chi connectivity index (χ0n) is 26.3. The number of nitrogens with zero attached hydrogens (tertiary/aromatic N) is 1. The summed E-state index contributed by atoms with van der Waals surface area (Å²) in [6, 6.07) is 66.8. The van der Waals surface area contributed by atoms with Crippen LogP contribution in [0.5, 0.6) is 0 Å². The van der Waals surface area contributed by atoms with E-state index in [1.165, 1.54) is 38.4 Å². The summed E-state index contributed by atoms with van der Waals surface area (Å²) in [5, 5.41) is 4.77. The van der Waals surface area contributed by atoms with Crippen LogP contribution in [0, 0.1) is 0 Å². The van der Waals surface area contributed by atoms with E-state index in [0.717, 1.165) is 44.7 Å². The van der Waals surface area contributed by atoms with Crippen molar-refractivity contribution in [1.82, 2.24) is 0 Å². The predicted octanol–water partition coefficient (Wildman–Crippen LogP) is 13.2. The number of fused-ring (bicyclic) bond motifs is 5. The van der Waals surface area contributed by atoms with Crippen molar-refractivity contribution in [3.63, 3.8) is 0 Å². The molecule has 0 spiro atoms. The monoisotopic (exact) mass is 613 g/mol. The molecule has 9 rings (SSSR count). The Morgan fingerprint density at radius 3 is 1.56 bits per heavy atom. The van der Waals surface area contributed by atoms with Crippen molar-refractivity contribution < 1.29 is 4.42 Å². The highest BCUT2D eigenvalue weighted by atomic mass is 16.3. The lowest BCUT2D eigenvalue weighted by atomic mass is 10.0. The first-order valence-electron chi connectivity index (χ1n) is 16.3. The molecule has 0 N–H and O–H groups in total. The van der Waals surface area contributed by atoms with Gasteiger partial charge in [-0.15, -0.1) is 0 Å². The molecule has 0 aliphatic heterocycles. The fraction of sp³-hybridized carbons (Fsp3) is 0. The molecule has 48 heavy (non-hydrogen) atoms. The smallest absolute Gasteiger partial charge is 0.136 e. The van der Waals surface area contributed by atoms with E-state index in [9.17, 15) is 0 Å². The van der Waals surface area contributed by atoms with Gasteiger partial charge in [0.1, 0.15) is 11.2 Å². The highest BCUT2D eigenvalue weighted by molar-refractivity contribution is 6.19. The summed E-state index contributed by atoms with van der Waals surface area (Å²) < 4.78 is 6.38. The standard InChI is InChI=1S/C46H31NO/c1-3-10-32(11-4-1)34-18-24-39(25-19-34)47(41-16-9-15-37(30-41)33-12-5-2-6-13-33)40-26-20-35(21-27-40)38-22-28-43-45(31-38)48-44-29-23-36-14-7-8-17-42(36)46(43)44/h1-31H. The first-order chi connectivity index (χ1) is 23.8. The molecule has 9 aromatic rings. The van der Waals surface area contributed by atoms with Crippen LogP contribution in [0.25, 0.3) is 66.1 Å². The zero-order chi connectivity index (χ0) is 31.9. The highest BCUT2D eigenvalue weighted by Crippen LogP contribution is 2.40. The second kappa shape index (κ2) is 11.8. The molecule has 8 aromatic carbocycles. The van der Waals surface area contributed by atoms with E-state index in [2.05, 4.69) is 193 Å². The van der Waals surface area contributed by atoms with Crippen molar-refractivity contribution in [3.8, 4) is 33.4 Å². The van der Waals surface area contributed by atoms with Crippen molar-refractivity contribution in [2.24, 2.45) is 0 Å². The molecule has 0 aliphatic rings. The number of benzene rings is 8. The molecule has 1 heterocycles. The lowest BCUT2D eigenvalue weighted by Crippen LogP contribution is -2.10. The van der Waals surface area contributed by atoms with Crippen LogP contribution in [0.3, 0.4) is 0 Å². The summed E-state index contributed by atoms with van der Waals surface area (Å²) in [6.07, 6.45) is 0. The van der Waals surface area contributed by atoms with E-state index in [4.69, 9.17) is 4.42 Å². The van der Waals surface area contributed by atoms with E-state index in [1.807, 2.05) is 0 Å². The second-order valence-electron chi connectivity index (χ2n) is 12.2. The Bertz CT molecular complexity index is 2530. The van der Waals surface area contributed by atoms with Gasteiger partial charge in [0.2, 0.25) is 0 Å². The number of furan rings is 1. The number of rotatable bonds is 6. The molecule has 226 valence electrons. The summed E-state index contributed by atoms with van der Waals surface area (Å²) in [5.74, 6) is 0. The van der Waals surface area contributed by atoms with Crippen LogP contribution in [0.15, 0.2) is 192 Å². The molecule has 0 radical (unpaired) electrons. The molecule has 0 saturated heterocycles. The van der Waals surface area contributed by atoms with Gasteiger partial charge in [0.25, 0.3) is 0 Å². The first kappa shape index (κ1) is 27.9. The number of anilines is 3. The van der Waals surface area contributed by atoms with Gasteiger partial charge in [0.05, 0.1) is 0 Å². The molecule has 2 nitrogen and oxygen atoms in total. The van der Waals surface area contributed by atoms with Crippen molar-refractivity contribution in [2.75, 3.05) is 4.90 Å². The number of hydrogen-bond acceptors (Lipinski definition) is 2. The largest absolute Gasteiger partial charge is 0.456 e. The van der Waals surface area contributed by atoms with Crippen molar-refractivity contribution >= 4 is 49.8 Å². The fourth-order valence-corrected chi connectivity index (χ4v) is 6.86. The van der Waals surface area contributed by atoms with Crippen LogP contribution in [-0.2, 0) is 0 Å². The summed E-state index contributed by atoms with van der Waals surface area (Å²) in [6.45, 7) is 0. The van der Waals surface area contributed by atoms with Crippen molar-refractivity contribution in [3.05, 3.63) is 188 Å². The molecule has 1 aromatic heterocycles. The van der Waals surface area contributed by atoms with Gasteiger partial charge in [-0.25, -0.2) is 0 Å². The third-order valence-corrected chi connectivity index (χ3v) is 9.26. The minimum Gasteiger partial charge on any atom is -0.456 e. The average molecular weight is 614 g/mol. The summed E-state index contributed by atoms with van der Waals surface area (Å²) in [7, 11) is 0. The normalized spacial score (nSPS) is 11.3. The summed E-state index contributed by atoms with van der Waals surface area (Å²) in [4.78, 5) is 2.33. The molecule has 0 amide bonds. The molecule has 0 fully saturated rings. The average Bonchev–Trinajstić information content (AvgIpc) is 3.55. The van der Waals surface area contributed by atoms with Crippen LogP contribution < -0.4 is 4.90 Å². The van der Waals surface area contributed by atoms with Crippen LogP contribution in [0.4, 0.5) is 17.1 Å². The Hall–Kier alpha value is -6.38. The van der Waals surface area contributed by atoms with Gasteiger partial charge in [-0.2, -0.15) is 0 Å². The van der Waals surface area contributed by atoms with Crippen LogP contribution in [-0.4, -0.2) is 0 Å². The maximum absolute atomic E-state index is 6.38. The number of hydrogen-bond donors (Lipinski definition) is 0. The summed E-state index contributed by atoms with van der Waals surface area (Å²) in [5.41, 5.74) is 12.2.